The number of rotatable bonds is 6. The molecule has 1 unspecified atom stereocenters. The smallest absolute Gasteiger partial charge is 0.272 e. The summed E-state index contributed by atoms with van der Waals surface area (Å²) >= 11 is 0. The summed E-state index contributed by atoms with van der Waals surface area (Å²) in [5.41, 5.74) is 2.48. The molecule has 2 aromatic heterocycles. The van der Waals surface area contributed by atoms with Gasteiger partial charge in [0.15, 0.2) is 5.89 Å². The summed E-state index contributed by atoms with van der Waals surface area (Å²) < 4.78 is 33.2. The van der Waals surface area contributed by atoms with Gasteiger partial charge in [-0.3, -0.25) is 4.79 Å². The summed E-state index contributed by atoms with van der Waals surface area (Å²) in [6.45, 7) is 1.13. The van der Waals surface area contributed by atoms with Gasteiger partial charge >= 0.3 is 0 Å². The predicted octanol–water partition coefficient (Wildman–Crippen LogP) is 5.55. The van der Waals surface area contributed by atoms with Crippen LogP contribution in [0.5, 0.6) is 0 Å². The van der Waals surface area contributed by atoms with Crippen molar-refractivity contribution in [3.8, 4) is 0 Å². The van der Waals surface area contributed by atoms with Crippen LogP contribution < -0.4 is 0 Å². The van der Waals surface area contributed by atoms with Crippen LogP contribution in [0.4, 0.5) is 8.78 Å². The standard InChI is InChI=1S/C28H25F2N3O2/c29-22-12-10-19(11-13-22)15-24-17-31-27(35-24)21-6-4-14-33(18-21)28(34)26-9-3-7-23(32-26)16-20-5-1-2-8-25(20)30/h1-3,5,7-13,17,21H,4,6,14-16,18H2. The van der Waals surface area contributed by atoms with Crippen LogP contribution in [0.1, 0.15) is 57.7 Å². The fourth-order valence-electron chi connectivity index (χ4n) is 4.46. The zero-order chi connectivity index (χ0) is 24.2. The zero-order valence-corrected chi connectivity index (χ0v) is 19.2. The molecule has 0 saturated carbocycles. The molecule has 35 heavy (non-hydrogen) atoms. The van der Waals surface area contributed by atoms with Crippen molar-refractivity contribution in [2.24, 2.45) is 0 Å². The van der Waals surface area contributed by atoms with Crippen molar-refractivity contribution in [3.63, 3.8) is 0 Å². The van der Waals surface area contributed by atoms with E-state index in [2.05, 4.69) is 9.97 Å². The summed E-state index contributed by atoms with van der Waals surface area (Å²) in [6.07, 6.45) is 4.26. The van der Waals surface area contributed by atoms with E-state index in [-0.39, 0.29) is 23.5 Å². The molecule has 3 heterocycles. The molecule has 0 N–H and O–H groups in total. The summed E-state index contributed by atoms with van der Waals surface area (Å²) in [5, 5.41) is 0. The molecule has 1 aliphatic heterocycles. The highest BCUT2D eigenvalue weighted by Crippen LogP contribution is 2.28. The SMILES string of the molecule is O=C(c1cccc(Cc2ccccc2F)n1)N1CCCC(c2ncc(Cc3ccc(F)cc3)o2)C1. The fourth-order valence-corrected chi connectivity index (χ4v) is 4.46. The maximum absolute atomic E-state index is 14.0. The molecule has 1 atom stereocenters. The molecule has 5 nitrogen and oxygen atoms in total. The molecule has 0 aliphatic carbocycles. The van der Waals surface area contributed by atoms with Crippen molar-refractivity contribution < 1.29 is 18.0 Å². The van der Waals surface area contributed by atoms with Crippen molar-refractivity contribution in [2.75, 3.05) is 13.1 Å². The molecule has 7 heteroatoms. The first-order valence-electron chi connectivity index (χ1n) is 11.7. The Morgan fingerprint density at radius 1 is 1.00 bits per heavy atom. The second-order valence-electron chi connectivity index (χ2n) is 8.84. The van der Waals surface area contributed by atoms with E-state index >= 15 is 0 Å². The normalized spacial score (nSPS) is 15.8. The summed E-state index contributed by atoms with van der Waals surface area (Å²) in [7, 11) is 0. The Kier molecular flexibility index (Phi) is 6.66. The minimum atomic E-state index is -0.283. The Morgan fingerprint density at radius 3 is 2.66 bits per heavy atom. The topological polar surface area (TPSA) is 59.2 Å². The van der Waals surface area contributed by atoms with Crippen LogP contribution in [-0.4, -0.2) is 33.9 Å². The highest BCUT2D eigenvalue weighted by molar-refractivity contribution is 5.92. The van der Waals surface area contributed by atoms with Gasteiger partial charge in [0.05, 0.1) is 12.1 Å². The van der Waals surface area contributed by atoms with E-state index in [9.17, 15) is 13.6 Å². The molecule has 0 radical (unpaired) electrons. The summed E-state index contributed by atoms with van der Waals surface area (Å²) in [5.74, 6) is 0.610. The predicted molar refractivity (Wildman–Crippen MR) is 127 cm³/mol. The number of aromatic nitrogens is 2. The summed E-state index contributed by atoms with van der Waals surface area (Å²) in [4.78, 5) is 24.0. The summed E-state index contributed by atoms with van der Waals surface area (Å²) in [6, 6.07) is 18.2. The largest absolute Gasteiger partial charge is 0.445 e. The van der Waals surface area contributed by atoms with Crippen LogP contribution in [0, 0.1) is 11.6 Å². The molecule has 1 amide bonds. The molecule has 2 aromatic carbocycles. The molecule has 0 spiro atoms. The van der Waals surface area contributed by atoms with E-state index in [1.807, 2.05) is 0 Å². The van der Waals surface area contributed by atoms with Crippen molar-refractivity contribution in [2.45, 2.75) is 31.6 Å². The molecule has 1 aliphatic rings. The van der Waals surface area contributed by atoms with E-state index in [1.54, 1.807) is 59.6 Å². The lowest BCUT2D eigenvalue weighted by Gasteiger charge is -2.31. The molecule has 1 fully saturated rings. The second kappa shape index (κ2) is 10.2. The zero-order valence-electron chi connectivity index (χ0n) is 19.2. The van der Waals surface area contributed by atoms with Gasteiger partial charge in [0, 0.05) is 31.6 Å². The molecule has 1 saturated heterocycles. The van der Waals surface area contributed by atoms with E-state index in [0.717, 1.165) is 18.4 Å². The Hall–Kier alpha value is -3.87. The van der Waals surface area contributed by atoms with Gasteiger partial charge in [0.1, 0.15) is 23.1 Å². The van der Waals surface area contributed by atoms with E-state index < -0.39 is 0 Å². The Bertz CT molecular complexity index is 1320. The number of likely N-dealkylation sites (tertiary alicyclic amines) is 1. The van der Waals surface area contributed by atoms with Crippen molar-refractivity contribution in [1.82, 2.24) is 14.9 Å². The highest BCUT2D eigenvalue weighted by Gasteiger charge is 2.29. The number of halogens is 2. The average molecular weight is 474 g/mol. The number of benzene rings is 2. The maximum atomic E-state index is 14.0. The van der Waals surface area contributed by atoms with Crippen LogP contribution in [0.3, 0.4) is 0 Å². The Labute approximate surface area is 202 Å². The minimum absolute atomic E-state index is 0.00346. The number of carbonyl (C=O) groups excluding carboxylic acids is 1. The van der Waals surface area contributed by atoms with Gasteiger partial charge in [-0.25, -0.2) is 18.7 Å². The van der Waals surface area contributed by atoms with Gasteiger partial charge in [-0.2, -0.15) is 0 Å². The minimum Gasteiger partial charge on any atom is -0.445 e. The van der Waals surface area contributed by atoms with Gasteiger partial charge in [0.2, 0.25) is 0 Å². The number of oxazole rings is 1. The fraction of sp³-hybridized carbons (Fsp3) is 0.250. The number of hydrogen-bond donors (Lipinski definition) is 0. The van der Waals surface area contributed by atoms with Gasteiger partial charge in [-0.1, -0.05) is 36.4 Å². The lowest BCUT2D eigenvalue weighted by molar-refractivity contribution is 0.0691. The maximum Gasteiger partial charge on any atom is 0.272 e. The highest BCUT2D eigenvalue weighted by atomic mass is 19.1. The van der Waals surface area contributed by atoms with Crippen LogP contribution in [0.15, 0.2) is 77.3 Å². The second-order valence-corrected chi connectivity index (χ2v) is 8.84. The number of nitrogens with zero attached hydrogens (tertiary/aromatic N) is 3. The van der Waals surface area contributed by atoms with E-state index in [1.165, 1.54) is 18.2 Å². The molecule has 4 aromatic rings. The van der Waals surface area contributed by atoms with Crippen molar-refractivity contribution in [3.05, 3.63) is 119 Å². The Balaban J connectivity index is 1.25. The third-order valence-corrected chi connectivity index (χ3v) is 6.28. The first-order valence-corrected chi connectivity index (χ1v) is 11.7. The number of piperidine rings is 1. The third kappa shape index (κ3) is 5.45. The van der Waals surface area contributed by atoms with Crippen LogP contribution in [0.25, 0.3) is 0 Å². The van der Waals surface area contributed by atoms with Gasteiger partial charge in [0.25, 0.3) is 5.91 Å². The lowest BCUT2D eigenvalue weighted by Crippen LogP contribution is -2.39. The van der Waals surface area contributed by atoms with Gasteiger partial charge in [-0.05, 0) is 54.3 Å². The molecule has 0 bridgehead atoms. The van der Waals surface area contributed by atoms with E-state index in [4.69, 9.17) is 4.42 Å². The van der Waals surface area contributed by atoms with Crippen molar-refractivity contribution in [1.29, 1.82) is 0 Å². The average Bonchev–Trinajstić information content (AvgIpc) is 3.35. The molecular weight excluding hydrogens is 448 g/mol. The molecular formula is C28H25F2N3O2. The van der Waals surface area contributed by atoms with Crippen LogP contribution in [0.2, 0.25) is 0 Å². The molecule has 5 rings (SSSR count). The van der Waals surface area contributed by atoms with Gasteiger partial charge in [-0.15, -0.1) is 0 Å². The number of amides is 1. The van der Waals surface area contributed by atoms with Crippen LogP contribution >= 0.6 is 0 Å². The van der Waals surface area contributed by atoms with Gasteiger partial charge < -0.3 is 9.32 Å². The third-order valence-electron chi connectivity index (χ3n) is 6.28. The number of hydrogen-bond acceptors (Lipinski definition) is 4. The van der Waals surface area contributed by atoms with E-state index in [0.29, 0.717) is 54.5 Å². The molecule has 178 valence electrons. The van der Waals surface area contributed by atoms with Crippen molar-refractivity contribution >= 4 is 5.91 Å². The number of carbonyl (C=O) groups is 1. The monoisotopic (exact) mass is 473 g/mol. The first kappa shape index (κ1) is 22.9. The Morgan fingerprint density at radius 2 is 1.83 bits per heavy atom. The van der Waals surface area contributed by atoms with Crippen LogP contribution in [-0.2, 0) is 12.8 Å². The number of pyridine rings is 1. The lowest BCUT2D eigenvalue weighted by atomic mass is 9.97. The first-order chi connectivity index (χ1) is 17.0. The quantitative estimate of drug-likeness (QED) is 0.369.